The fourth-order valence-electron chi connectivity index (χ4n) is 3.74. The van der Waals surface area contributed by atoms with E-state index in [1.807, 2.05) is 31.7 Å². The van der Waals surface area contributed by atoms with Crippen LogP contribution in [0.1, 0.15) is 57.4 Å². The first-order chi connectivity index (χ1) is 13.0. The van der Waals surface area contributed by atoms with Crippen LogP contribution in [0.2, 0.25) is 0 Å². The Hall–Kier alpha value is -2.48. The average Bonchev–Trinajstić information content (AvgIpc) is 3.24. The van der Waals surface area contributed by atoms with Crippen molar-refractivity contribution in [1.29, 1.82) is 0 Å². The number of hydrogen-bond acceptors (Lipinski definition) is 5. The van der Waals surface area contributed by atoms with Gasteiger partial charge in [-0.2, -0.15) is 0 Å². The molecule has 3 aromatic rings. The summed E-state index contributed by atoms with van der Waals surface area (Å²) in [6, 6.07) is 3.51. The third kappa shape index (κ3) is 3.29. The highest BCUT2D eigenvalue weighted by Gasteiger charge is 2.28. The Kier molecular flexibility index (Phi) is 4.59. The van der Waals surface area contributed by atoms with Crippen molar-refractivity contribution in [3.63, 3.8) is 0 Å². The minimum Gasteiger partial charge on any atom is -0.337 e. The van der Waals surface area contributed by atoms with Crippen LogP contribution in [0.25, 0.3) is 5.65 Å². The number of thiazole rings is 1. The molecule has 1 amide bonds. The third-order valence-corrected chi connectivity index (χ3v) is 6.19. The van der Waals surface area contributed by atoms with E-state index >= 15 is 0 Å². The summed E-state index contributed by atoms with van der Waals surface area (Å²) in [7, 11) is 0. The van der Waals surface area contributed by atoms with Crippen molar-refractivity contribution in [3.8, 4) is 0 Å². The quantitative estimate of drug-likeness (QED) is 0.751. The second-order valence-electron chi connectivity index (χ2n) is 7.08. The number of piperidine rings is 1. The molecule has 0 radical (unpaired) electrons. The van der Waals surface area contributed by atoms with Gasteiger partial charge in [-0.25, -0.2) is 14.5 Å². The van der Waals surface area contributed by atoms with Crippen LogP contribution in [0.15, 0.2) is 16.9 Å². The second-order valence-corrected chi connectivity index (χ2v) is 8.29. The van der Waals surface area contributed by atoms with Gasteiger partial charge in [0, 0.05) is 42.5 Å². The van der Waals surface area contributed by atoms with Crippen molar-refractivity contribution >= 4 is 22.9 Å². The van der Waals surface area contributed by atoms with Gasteiger partial charge in [-0.3, -0.25) is 14.7 Å². The lowest BCUT2D eigenvalue weighted by atomic mass is 9.94. The molecule has 0 spiro atoms. The highest BCUT2D eigenvalue weighted by atomic mass is 32.1. The number of likely N-dealkylation sites (tertiary alicyclic amines) is 1. The highest BCUT2D eigenvalue weighted by Crippen LogP contribution is 2.29. The van der Waals surface area contributed by atoms with Gasteiger partial charge in [0.1, 0.15) is 4.88 Å². The van der Waals surface area contributed by atoms with Crippen LogP contribution in [-0.2, 0) is 6.42 Å². The number of nitrogens with one attached hydrogen (secondary N) is 1. The lowest BCUT2D eigenvalue weighted by Crippen LogP contribution is -2.39. The summed E-state index contributed by atoms with van der Waals surface area (Å²) >= 11 is 1.46. The minimum atomic E-state index is -0.0948. The van der Waals surface area contributed by atoms with Gasteiger partial charge < -0.3 is 4.90 Å². The topological polar surface area (TPSA) is 83.4 Å². The number of aryl methyl sites for hydroxylation is 3. The van der Waals surface area contributed by atoms with Crippen molar-refractivity contribution in [1.82, 2.24) is 24.5 Å². The van der Waals surface area contributed by atoms with Crippen LogP contribution in [0.3, 0.4) is 0 Å². The summed E-state index contributed by atoms with van der Waals surface area (Å²) in [6.07, 6.45) is 2.64. The molecule has 3 aromatic heterocycles. The Balaban J connectivity index is 1.60. The summed E-state index contributed by atoms with van der Waals surface area (Å²) in [5, 5.41) is 4.11. The molecule has 27 heavy (non-hydrogen) atoms. The maximum atomic E-state index is 12.9. The zero-order valence-electron chi connectivity index (χ0n) is 15.8. The first-order valence-electron chi connectivity index (χ1n) is 9.31. The van der Waals surface area contributed by atoms with Gasteiger partial charge in [-0.1, -0.05) is 6.92 Å². The Labute approximate surface area is 161 Å². The molecule has 1 atom stereocenters. The largest absolute Gasteiger partial charge is 0.337 e. The van der Waals surface area contributed by atoms with E-state index in [1.165, 1.54) is 15.9 Å². The number of aromatic nitrogens is 4. The van der Waals surface area contributed by atoms with Crippen LogP contribution in [-0.4, -0.2) is 43.5 Å². The van der Waals surface area contributed by atoms with Crippen molar-refractivity contribution in [2.75, 3.05) is 13.1 Å². The summed E-state index contributed by atoms with van der Waals surface area (Å²) in [5.41, 5.74) is 3.11. The molecule has 0 saturated carbocycles. The van der Waals surface area contributed by atoms with Crippen molar-refractivity contribution in [2.45, 2.75) is 46.0 Å². The molecule has 4 rings (SSSR count). The smallest absolute Gasteiger partial charge is 0.272 e. The molecule has 0 bridgehead atoms. The second kappa shape index (κ2) is 6.92. The van der Waals surface area contributed by atoms with Gasteiger partial charge in [-0.05, 0) is 33.1 Å². The van der Waals surface area contributed by atoms with Gasteiger partial charge in [0.25, 0.3) is 11.5 Å². The van der Waals surface area contributed by atoms with E-state index in [4.69, 9.17) is 0 Å². The lowest BCUT2D eigenvalue weighted by molar-refractivity contribution is 0.0709. The molecule has 0 aliphatic carbocycles. The van der Waals surface area contributed by atoms with Crippen LogP contribution in [0, 0.1) is 13.8 Å². The first kappa shape index (κ1) is 17.9. The standard InChI is InChI=1S/C19H23N5O2S/c1-4-14-8-17(25)24-16(21-14)9-15(22-24)13-6-5-7-23(10-13)19(26)18-11(2)20-12(3)27-18/h8-9,13,22H,4-7,10H2,1-3H3. The Morgan fingerprint density at radius 2 is 2.15 bits per heavy atom. The molecule has 4 heterocycles. The summed E-state index contributed by atoms with van der Waals surface area (Å²) < 4.78 is 1.49. The van der Waals surface area contributed by atoms with E-state index in [0.29, 0.717) is 12.2 Å². The van der Waals surface area contributed by atoms with Gasteiger partial charge >= 0.3 is 0 Å². The van der Waals surface area contributed by atoms with Crippen LogP contribution in [0.4, 0.5) is 0 Å². The van der Waals surface area contributed by atoms with Gasteiger partial charge in [0.2, 0.25) is 0 Å². The number of hydrogen-bond donors (Lipinski definition) is 1. The number of carbonyl (C=O) groups excluding carboxylic acids is 1. The van der Waals surface area contributed by atoms with Gasteiger partial charge in [0.15, 0.2) is 5.65 Å². The molecule has 1 fully saturated rings. The summed E-state index contributed by atoms with van der Waals surface area (Å²) in [6.45, 7) is 7.19. The zero-order valence-corrected chi connectivity index (χ0v) is 16.6. The number of fused-ring (bicyclic) bond motifs is 1. The maximum Gasteiger partial charge on any atom is 0.272 e. The van der Waals surface area contributed by atoms with E-state index in [2.05, 4.69) is 15.1 Å². The Morgan fingerprint density at radius 3 is 2.85 bits per heavy atom. The number of nitrogens with zero attached hydrogens (tertiary/aromatic N) is 4. The van der Waals surface area contributed by atoms with E-state index in [1.54, 1.807) is 6.07 Å². The fourth-order valence-corrected chi connectivity index (χ4v) is 4.63. The predicted octanol–water partition coefficient (Wildman–Crippen LogP) is 2.68. The molecular formula is C19H23N5O2S. The molecule has 1 unspecified atom stereocenters. The zero-order chi connectivity index (χ0) is 19.1. The summed E-state index contributed by atoms with van der Waals surface area (Å²) in [5.74, 6) is 0.227. The predicted molar refractivity (Wildman–Crippen MR) is 105 cm³/mol. The first-order valence-corrected chi connectivity index (χ1v) is 10.1. The third-order valence-electron chi connectivity index (χ3n) is 5.13. The molecule has 1 saturated heterocycles. The number of carbonyl (C=O) groups is 1. The van der Waals surface area contributed by atoms with E-state index < -0.39 is 0 Å². The molecular weight excluding hydrogens is 362 g/mol. The van der Waals surface area contributed by atoms with Crippen molar-refractivity contribution < 1.29 is 4.79 Å². The van der Waals surface area contributed by atoms with Gasteiger partial charge in [0.05, 0.1) is 10.7 Å². The normalized spacial score (nSPS) is 17.6. The molecule has 7 nitrogen and oxygen atoms in total. The number of aromatic amines is 1. The SMILES string of the molecule is CCc1cc(=O)n2[nH]c(C3CCCN(C(=O)c4sc(C)nc4C)C3)cc2n1. The molecule has 8 heteroatoms. The number of rotatable bonds is 3. The Morgan fingerprint density at radius 1 is 1.33 bits per heavy atom. The van der Waals surface area contributed by atoms with E-state index in [9.17, 15) is 9.59 Å². The number of H-pyrrole nitrogens is 1. The fraction of sp³-hybridized carbons (Fsp3) is 0.474. The van der Waals surface area contributed by atoms with Crippen LogP contribution in [0.5, 0.6) is 0 Å². The molecule has 1 aliphatic rings. The molecule has 0 aromatic carbocycles. The highest BCUT2D eigenvalue weighted by molar-refractivity contribution is 7.13. The molecule has 142 valence electrons. The average molecular weight is 385 g/mol. The Bertz CT molecular complexity index is 1060. The monoisotopic (exact) mass is 385 g/mol. The maximum absolute atomic E-state index is 12.9. The molecule has 1 N–H and O–H groups in total. The van der Waals surface area contributed by atoms with Crippen molar-refractivity contribution in [3.05, 3.63) is 49.5 Å². The van der Waals surface area contributed by atoms with Crippen LogP contribution >= 0.6 is 11.3 Å². The van der Waals surface area contributed by atoms with E-state index in [-0.39, 0.29) is 17.4 Å². The molecule has 1 aliphatic heterocycles. The lowest BCUT2D eigenvalue weighted by Gasteiger charge is -2.32. The number of amides is 1. The van der Waals surface area contributed by atoms with Crippen molar-refractivity contribution in [2.24, 2.45) is 0 Å². The van der Waals surface area contributed by atoms with Gasteiger partial charge in [-0.15, -0.1) is 11.3 Å². The van der Waals surface area contributed by atoms with E-state index in [0.717, 1.165) is 52.8 Å². The summed E-state index contributed by atoms with van der Waals surface area (Å²) in [4.78, 5) is 36.8. The minimum absolute atomic E-state index is 0.0578. The van der Waals surface area contributed by atoms with Crippen LogP contribution < -0.4 is 5.56 Å².